The van der Waals surface area contributed by atoms with Gasteiger partial charge >= 0.3 is 0 Å². The standard InChI is InChI=1S/C19H20BrFN2O2/c1-12(2)17(23-18(24)15-5-3-4-6-16(15)20)19(25)22-11-13-7-9-14(21)10-8-13/h3-10,12,17H,11H2,1-2H3,(H,22,25)(H,23,24)/t17-/m1/s1. The first kappa shape index (κ1) is 19.1. The van der Waals surface area contributed by atoms with Crippen LogP contribution in [-0.4, -0.2) is 17.9 Å². The maximum atomic E-state index is 12.9. The fraction of sp³-hybridized carbons (Fsp3) is 0.263. The quantitative estimate of drug-likeness (QED) is 0.768. The molecule has 25 heavy (non-hydrogen) atoms. The summed E-state index contributed by atoms with van der Waals surface area (Å²) < 4.78 is 13.6. The smallest absolute Gasteiger partial charge is 0.253 e. The number of rotatable bonds is 6. The van der Waals surface area contributed by atoms with E-state index in [1.54, 1.807) is 30.3 Å². The third-order valence-electron chi connectivity index (χ3n) is 3.73. The fourth-order valence-electron chi connectivity index (χ4n) is 2.30. The maximum Gasteiger partial charge on any atom is 0.253 e. The van der Waals surface area contributed by atoms with Crippen molar-refractivity contribution in [2.45, 2.75) is 26.4 Å². The largest absolute Gasteiger partial charge is 0.350 e. The Bertz CT molecular complexity index is 747. The van der Waals surface area contributed by atoms with Crippen LogP contribution in [0, 0.1) is 11.7 Å². The van der Waals surface area contributed by atoms with Crippen molar-refractivity contribution in [1.29, 1.82) is 0 Å². The van der Waals surface area contributed by atoms with Crippen LogP contribution in [0.5, 0.6) is 0 Å². The van der Waals surface area contributed by atoms with Crippen molar-refractivity contribution in [2.24, 2.45) is 5.92 Å². The van der Waals surface area contributed by atoms with E-state index in [-0.39, 0.29) is 30.1 Å². The van der Waals surface area contributed by atoms with Gasteiger partial charge in [0.25, 0.3) is 5.91 Å². The molecule has 132 valence electrons. The zero-order chi connectivity index (χ0) is 18.4. The summed E-state index contributed by atoms with van der Waals surface area (Å²) in [6.07, 6.45) is 0. The lowest BCUT2D eigenvalue weighted by Crippen LogP contribution is -2.49. The van der Waals surface area contributed by atoms with E-state index < -0.39 is 6.04 Å². The minimum atomic E-state index is -0.667. The highest BCUT2D eigenvalue weighted by atomic mass is 79.9. The molecule has 0 heterocycles. The van der Waals surface area contributed by atoms with Crippen molar-refractivity contribution < 1.29 is 14.0 Å². The second-order valence-electron chi connectivity index (χ2n) is 6.02. The summed E-state index contributed by atoms with van der Waals surface area (Å²) in [5, 5.41) is 5.56. The lowest BCUT2D eigenvalue weighted by atomic mass is 10.0. The number of carbonyl (C=O) groups is 2. The molecule has 0 aliphatic rings. The molecule has 2 aromatic rings. The van der Waals surface area contributed by atoms with Gasteiger partial charge in [0.2, 0.25) is 5.91 Å². The molecule has 0 spiro atoms. The van der Waals surface area contributed by atoms with Crippen LogP contribution in [-0.2, 0) is 11.3 Å². The Morgan fingerprint density at radius 2 is 1.72 bits per heavy atom. The molecule has 1 atom stereocenters. The molecule has 2 rings (SSSR count). The van der Waals surface area contributed by atoms with Crippen molar-refractivity contribution >= 4 is 27.7 Å². The first-order valence-electron chi connectivity index (χ1n) is 7.96. The summed E-state index contributed by atoms with van der Waals surface area (Å²) >= 11 is 3.34. The van der Waals surface area contributed by atoms with Crippen LogP contribution < -0.4 is 10.6 Å². The summed E-state index contributed by atoms with van der Waals surface area (Å²) in [5.74, 6) is -1.00. The van der Waals surface area contributed by atoms with Gasteiger partial charge in [-0.15, -0.1) is 0 Å². The summed E-state index contributed by atoms with van der Waals surface area (Å²) in [4.78, 5) is 24.9. The third kappa shape index (κ3) is 5.39. The predicted molar refractivity (Wildman–Crippen MR) is 98.5 cm³/mol. The molecule has 0 saturated heterocycles. The highest BCUT2D eigenvalue weighted by Crippen LogP contribution is 2.16. The lowest BCUT2D eigenvalue weighted by Gasteiger charge is -2.22. The average Bonchev–Trinajstić information content (AvgIpc) is 2.58. The molecular formula is C19H20BrFN2O2. The molecule has 0 bridgehead atoms. The zero-order valence-corrected chi connectivity index (χ0v) is 15.6. The molecular weight excluding hydrogens is 387 g/mol. The van der Waals surface area contributed by atoms with Crippen molar-refractivity contribution in [3.8, 4) is 0 Å². The molecule has 0 aromatic heterocycles. The minimum absolute atomic E-state index is 0.0837. The molecule has 6 heteroatoms. The number of amides is 2. The highest BCUT2D eigenvalue weighted by molar-refractivity contribution is 9.10. The number of hydrogen-bond acceptors (Lipinski definition) is 2. The van der Waals surface area contributed by atoms with E-state index in [2.05, 4.69) is 26.6 Å². The molecule has 4 nitrogen and oxygen atoms in total. The van der Waals surface area contributed by atoms with E-state index in [0.717, 1.165) is 5.56 Å². The van der Waals surface area contributed by atoms with E-state index in [9.17, 15) is 14.0 Å². The normalized spacial score (nSPS) is 11.9. The first-order valence-corrected chi connectivity index (χ1v) is 8.75. The second-order valence-corrected chi connectivity index (χ2v) is 6.87. The summed E-state index contributed by atoms with van der Waals surface area (Å²) in [6, 6.07) is 12.3. The topological polar surface area (TPSA) is 58.2 Å². The van der Waals surface area contributed by atoms with Crippen LogP contribution >= 0.6 is 15.9 Å². The van der Waals surface area contributed by atoms with Crippen LogP contribution in [0.2, 0.25) is 0 Å². The van der Waals surface area contributed by atoms with Crippen molar-refractivity contribution in [2.75, 3.05) is 0 Å². The summed E-state index contributed by atoms with van der Waals surface area (Å²) in [5.41, 5.74) is 1.26. The van der Waals surface area contributed by atoms with Gasteiger partial charge in [0.05, 0.1) is 5.56 Å². The Morgan fingerprint density at radius 1 is 1.08 bits per heavy atom. The van der Waals surface area contributed by atoms with Gasteiger partial charge in [-0.1, -0.05) is 38.1 Å². The molecule has 2 aromatic carbocycles. The van der Waals surface area contributed by atoms with Crippen molar-refractivity contribution in [1.82, 2.24) is 10.6 Å². The van der Waals surface area contributed by atoms with Gasteiger partial charge in [0.15, 0.2) is 0 Å². The molecule has 0 saturated carbocycles. The summed E-state index contributed by atoms with van der Waals surface area (Å²) in [7, 11) is 0. The Kier molecular flexibility index (Phi) is 6.70. The van der Waals surface area contributed by atoms with Crippen LogP contribution in [0.1, 0.15) is 29.8 Å². The van der Waals surface area contributed by atoms with E-state index >= 15 is 0 Å². The van der Waals surface area contributed by atoms with E-state index in [1.165, 1.54) is 12.1 Å². The van der Waals surface area contributed by atoms with Gasteiger partial charge in [0, 0.05) is 11.0 Å². The van der Waals surface area contributed by atoms with Gasteiger partial charge in [-0.25, -0.2) is 4.39 Å². The highest BCUT2D eigenvalue weighted by Gasteiger charge is 2.25. The second kappa shape index (κ2) is 8.76. The molecule has 0 fully saturated rings. The lowest BCUT2D eigenvalue weighted by molar-refractivity contribution is -0.124. The Balaban J connectivity index is 2.01. The average molecular weight is 407 g/mol. The summed E-state index contributed by atoms with van der Waals surface area (Å²) in [6.45, 7) is 4.00. The molecule has 0 aliphatic heterocycles. The van der Waals surface area contributed by atoms with Gasteiger partial charge in [-0.05, 0) is 51.7 Å². The van der Waals surface area contributed by atoms with Gasteiger partial charge in [0.1, 0.15) is 11.9 Å². The van der Waals surface area contributed by atoms with E-state index in [4.69, 9.17) is 0 Å². The minimum Gasteiger partial charge on any atom is -0.350 e. The Morgan fingerprint density at radius 3 is 2.32 bits per heavy atom. The first-order chi connectivity index (χ1) is 11.9. The van der Waals surface area contributed by atoms with E-state index in [0.29, 0.717) is 10.0 Å². The van der Waals surface area contributed by atoms with Gasteiger partial charge < -0.3 is 10.6 Å². The number of carbonyl (C=O) groups excluding carboxylic acids is 2. The number of halogens is 2. The van der Waals surface area contributed by atoms with Crippen LogP contribution in [0.15, 0.2) is 53.0 Å². The molecule has 2 amide bonds. The predicted octanol–water partition coefficient (Wildman–Crippen LogP) is 3.66. The zero-order valence-electron chi connectivity index (χ0n) is 14.1. The van der Waals surface area contributed by atoms with E-state index in [1.807, 2.05) is 19.9 Å². The molecule has 0 radical (unpaired) electrons. The number of benzene rings is 2. The van der Waals surface area contributed by atoms with Crippen LogP contribution in [0.3, 0.4) is 0 Å². The van der Waals surface area contributed by atoms with Crippen molar-refractivity contribution in [3.63, 3.8) is 0 Å². The van der Waals surface area contributed by atoms with Crippen LogP contribution in [0.25, 0.3) is 0 Å². The fourth-order valence-corrected chi connectivity index (χ4v) is 2.77. The number of hydrogen-bond donors (Lipinski definition) is 2. The maximum absolute atomic E-state index is 12.9. The van der Waals surface area contributed by atoms with Crippen LogP contribution in [0.4, 0.5) is 4.39 Å². The molecule has 0 unspecified atom stereocenters. The number of nitrogens with one attached hydrogen (secondary N) is 2. The monoisotopic (exact) mass is 406 g/mol. The Labute approximate surface area is 154 Å². The SMILES string of the molecule is CC(C)[C@@H](NC(=O)c1ccccc1Br)C(=O)NCc1ccc(F)cc1. The van der Waals surface area contributed by atoms with Crippen molar-refractivity contribution in [3.05, 3.63) is 69.9 Å². The molecule has 2 N–H and O–H groups in total. The Hall–Kier alpha value is -2.21. The van der Waals surface area contributed by atoms with Gasteiger partial charge in [-0.2, -0.15) is 0 Å². The molecule has 0 aliphatic carbocycles. The third-order valence-corrected chi connectivity index (χ3v) is 4.43. The van der Waals surface area contributed by atoms with Gasteiger partial charge in [-0.3, -0.25) is 9.59 Å².